The minimum atomic E-state index is -1.02. The topological polar surface area (TPSA) is 42.9 Å². The van der Waals surface area contributed by atoms with E-state index in [1.165, 1.54) is 24.2 Å². The Morgan fingerprint density at radius 1 is 1.22 bits per heavy atom. The van der Waals surface area contributed by atoms with E-state index >= 15 is 0 Å². The van der Waals surface area contributed by atoms with Gasteiger partial charge in [0.1, 0.15) is 6.33 Å². The van der Waals surface area contributed by atoms with Crippen LogP contribution >= 0.6 is 11.8 Å². The molecule has 2 aromatic rings. The van der Waals surface area contributed by atoms with Gasteiger partial charge in [0.15, 0.2) is 17.4 Å². The van der Waals surface area contributed by atoms with E-state index in [0.29, 0.717) is 5.03 Å². The molecule has 92 valence electrons. The summed E-state index contributed by atoms with van der Waals surface area (Å²) < 4.78 is 25.7. The molecular formula is C12H8F2N2OS. The Kier molecular flexibility index (Phi) is 3.99. The van der Waals surface area contributed by atoms with E-state index < -0.39 is 11.6 Å². The Morgan fingerprint density at radius 2 is 2.06 bits per heavy atom. The molecule has 0 N–H and O–H groups in total. The summed E-state index contributed by atoms with van der Waals surface area (Å²) in [5.41, 5.74) is 0.149. The van der Waals surface area contributed by atoms with Crippen molar-refractivity contribution in [1.82, 2.24) is 9.97 Å². The van der Waals surface area contributed by atoms with Crippen molar-refractivity contribution in [3.05, 3.63) is 54.0 Å². The molecule has 6 heteroatoms. The molecule has 0 amide bonds. The number of carbonyl (C=O) groups is 1. The summed E-state index contributed by atoms with van der Waals surface area (Å²) in [6.45, 7) is 0. The number of hydrogen-bond donors (Lipinski definition) is 0. The maximum atomic E-state index is 12.9. The zero-order valence-corrected chi connectivity index (χ0v) is 9.95. The molecule has 0 aliphatic heterocycles. The van der Waals surface area contributed by atoms with Crippen molar-refractivity contribution < 1.29 is 13.6 Å². The van der Waals surface area contributed by atoms with Crippen LogP contribution in [0, 0.1) is 11.6 Å². The highest BCUT2D eigenvalue weighted by Crippen LogP contribution is 2.16. The van der Waals surface area contributed by atoms with Gasteiger partial charge in [-0.3, -0.25) is 4.79 Å². The molecule has 1 aromatic heterocycles. The first kappa shape index (κ1) is 12.6. The second-order valence-electron chi connectivity index (χ2n) is 3.39. The van der Waals surface area contributed by atoms with Gasteiger partial charge in [0, 0.05) is 11.8 Å². The van der Waals surface area contributed by atoms with Crippen molar-refractivity contribution in [1.29, 1.82) is 0 Å². The Balaban J connectivity index is 2.02. The van der Waals surface area contributed by atoms with Gasteiger partial charge in [-0.05, 0) is 24.3 Å². The third-order valence-corrected chi connectivity index (χ3v) is 3.09. The summed E-state index contributed by atoms with van der Waals surface area (Å²) in [6, 6.07) is 4.78. The summed E-state index contributed by atoms with van der Waals surface area (Å²) in [4.78, 5) is 19.4. The SMILES string of the molecule is O=C(CSc1ccncn1)c1ccc(F)c(F)c1. The van der Waals surface area contributed by atoms with E-state index in [2.05, 4.69) is 9.97 Å². The molecule has 0 spiro atoms. The van der Waals surface area contributed by atoms with E-state index in [1.54, 1.807) is 12.3 Å². The average molecular weight is 266 g/mol. The van der Waals surface area contributed by atoms with Crippen molar-refractivity contribution in [3.8, 4) is 0 Å². The quantitative estimate of drug-likeness (QED) is 0.485. The van der Waals surface area contributed by atoms with Crippen LogP contribution in [-0.2, 0) is 0 Å². The molecule has 18 heavy (non-hydrogen) atoms. The Morgan fingerprint density at radius 3 is 2.72 bits per heavy atom. The first-order valence-corrected chi connectivity index (χ1v) is 6.02. The highest BCUT2D eigenvalue weighted by molar-refractivity contribution is 7.99. The number of halogens is 2. The number of carbonyl (C=O) groups excluding carboxylic acids is 1. The lowest BCUT2D eigenvalue weighted by Crippen LogP contribution is -2.03. The van der Waals surface area contributed by atoms with Crippen molar-refractivity contribution in [2.24, 2.45) is 0 Å². The Bertz CT molecular complexity index is 563. The van der Waals surface area contributed by atoms with Gasteiger partial charge >= 0.3 is 0 Å². The number of thioether (sulfide) groups is 1. The lowest BCUT2D eigenvalue weighted by atomic mass is 10.1. The summed E-state index contributed by atoms with van der Waals surface area (Å²) in [5, 5.41) is 0.654. The normalized spacial score (nSPS) is 10.3. The molecular weight excluding hydrogens is 258 g/mol. The maximum absolute atomic E-state index is 12.9. The highest BCUT2D eigenvalue weighted by atomic mass is 32.2. The molecule has 0 aliphatic carbocycles. The van der Waals surface area contributed by atoms with E-state index in [0.717, 1.165) is 12.1 Å². The highest BCUT2D eigenvalue weighted by Gasteiger charge is 2.10. The predicted octanol–water partition coefficient (Wildman–Crippen LogP) is 2.73. The third-order valence-electron chi connectivity index (χ3n) is 2.15. The third kappa shape index (κ3) is 3.10. The molecule has 0 saturated heterocycles. The smallest absolute Gasteiger partial charge is 0.173 e. The maximum Gasteiger partial charge on any atom is 0.173 e. The molecule has 2 rings (SSSR count). The van der Waals surface area contributed by atoms with Gasteiger partial charge in [-0.1, -0.05) is 11.8 Å². The zero-order valence-electron chi connectivity index (χ0n) is 9.14. The Hall–Kier alpha value is -1.82. The fourth-order valence-corrected chi connectivity index (χ4v) is 1.98. The predicted molar refractivity (Wildman–Crippen MR) is 63.4 cm³/mol. The number of aromatic nitrogens is 2. The van der Waals surface area contributed by atoms with Crippen LogP contribution in [-0.4, -0.2) is 21.5 Å². The Labute approximate surface area is 106 Å². The van der Waals surface area contributed by atoms with Gasteiger partial charge < -0.3 is 0 Å². The van der Waals surface area contributed by atoms with Crippen LogP contribution in [0.25, 0.3) is 0 Å². The molecule has 0 unspecified atom stereocenters. The zero-order chi connectivity index (χ0) is 13.0. The monoisotopic (exact) mass is 266 g/mol. The summed E-state index contributed by atoms with van der Waals surface area (Å²) in [6.07, 6.45) is 2.95. The molecule has 3 nitrogen and oxygen atoms in total. The number of nitrogens with zero attached hydrogens (tertiary/aromatic N) is 2. The van der Waals surface area contributed by atoms with Crippen LogP contribution in [0.2, 0.25) is 0 Å². The van der Waals surface area contributed by atoms with E-state index in [-0.39, 0.29) is 17.1 Å². The van der Waals surface area contributed by atoms with Crippen LogP contribution in [0.5, 0.6) is 0 Å². The molecule has 0 aliphatic rings. The van der Waals surface area contributed by atoms with E-state index in [1.807, 2.05) is 0 Å². The van der Waals surface area contributed by atoms with Gasteiger partial charge in [-0.15, -0.1) is 0 Å². The van der Waals surface area contributed by atoms with Gasteiger partial charge in [-0.2, -0.15) is 0 Å². The van der Waals surface area contributed by atoms with Crippen LogP contribution < -0.4 is 0 Å². The first-order valence-electron chi connectivity index (χ1n) is 5.04. The van der Waals surface area contributed by atoms with Gasteiger partial charge in [0.2, 0.25) is 0 Å². The standard InChI is InChI=1S/C12H8F2N2OS/c13-9-2-1-8(5-10(9)14)11(17)6-18-12-3-4-15-7-16-12/h1-5,7H,6H2. The van der Waals surface area contributed by atoms with Gasteiger partial charge in [0.05, 0.1) is 10.8 Å². The summed E-state index contributed by atoms with van der Waals surface area (Å²) in [5.74, 6) is -2.15. The summed E-state index contributed by atoms with van der Waals surface area (Å²) >= 11 is 1.22. The number of rotatable bonds is 4. The molecule has 1 aromatic carbocycles. The van der Waals surface area contributed by atoms with Crippen molar-refractivity contribution in [2.45, 2.75) is 5.03 Å². The second kappa shape index (κ2) is 5.68. The minimum Gasteiger partial charge on any atom is -0.293 e. The lowest BCUT2D eigenvalue weighted by Gasteiger charge is -2.01. The molecule has 0 fully saturated rings. The van der Waals surface area contributed by atoms with Crippen LogP contribution in [0.1, 0.15) is 10.4 Å². The number of hydrogen-bond acceptors (Lipinski definition) is 4. The van der Waals surface area contributed by atoms with Crippen molar-refractivity contribution in [2.75, 3.05) is 5.75 Å². The van der Waals surface area contributed by atoms with Crippen molar-refractivity contribution in [3.63, 3.8) is 0 Å². The first-order chi connectivity index (χ1) is 8.66. The lowest BCUT2D eigenvalue weighted by molar-refractivity contribution is 0.102. The number of ketones is 1. The fourth-order valence-electron chi connectivity index (χ4n) is 1.26. The van der Waals surface area contributed by atoms with Crippen LogP contribution in [0.4, 0.5) is 8.78 Å². The molecule has 0 bridgehead atoms. The largest absolute Gasteiger partial charge is 0.293 e. The molecule has 0 atom stereocenters. The minimum absolute atomic E-state index is 0.113. The van der Waals surface area contributed by atoms with Crippen LogP contribution in [0.3, 0.4) is 0 Å². The fraction of sp³-hybridized carbons (Fsp3) is 0.0833. The van der Waals surface area contributed by atoms with Gasteiger partial charge in [-0.25, -0.2) is 18.7 Å². The van der Waals surface area contributed by atoms with Crippen LogP contribution in [0.15, 0.2) is 41.8 Å². The molecule has 1 heterocycles. The van der Waals surface area contributed by atoms with E-state index in [9.17, 15) is 13.6 Å². The molecule has 0 saturated carbocycles. The van der Waals surface area contributed by atoms with Gasteiger partial charge in [0.25, 0.3) is 0 Å². The molecule has 0 radical (unpaired) electrons. The second-order valence-corrected chi connectivity index (χ2v) is 4.38. The van der Waals surface area contributed by atoms with E-state index in [4.69, 9.17) is 0 Å². The van der Waals surface area contributed by atoms with Crippen molar-refractivity contribution >= 4 is 17.5 Å². The number of benzene rings is 1. The number of Topliss-reactive ketones (excluding diaryl/α,β-unsaturated/α-hetero) is 1. The summed E-state index contributed by atoms with van der Waals surface area (Å²) in [7, 11) is 0. The average Bonchev–Trinajstić information content (AvgIpc) is 2.40.